The SMILES string of the molecule is C=CCNC(=O)NC1CC[C@H]2[C@@H]3CC[C@H]4N(C)C(=O)CC[C@]4(C)[C@H]3CC[C@]12C. The molecule has 5 heteroatoms. The first-order valence-corrected chi connectivity index (χ1v) is 11.2. The molecule has 3 amide bonds. The second-order valence-corrected chi connectivity index (χ2v) is 10.3. The summed E-state index contributed by atoms with van der Waals surface area (Å²) in [4.78, 5) is 26.6. The van der Waals surface area contributed by atoms with E-state index in [-0.39, 0.29) is 22.9 Å². The third-order valence-electron chi connectivity index (χ3n) is 9.27. The Bertz CT molecular complexity index is 664. The molecular formula is C23H37N3O2. The Kier molecular flexibility index (Phi) is 4.99. The van der Waals surface area contributed by atoms with Crippen molar-refractivity contribution in [2.45, 2.75) is 77.3 Å². The normalized spacial score (nSPS) is 44.9. The van der Waals surface area contributed by atoms with Crippen molar-refractivity contribution >= 4 is 11.9 Å². The first kappa shape index (κ1) is 19.8. The molecule has 0 spiro atoms. The molecule has 1 unspecified atom stereocenters. The third kappa shape index (κ3) is 2.88. The van der Waals surface area contributed by atoms with Crippen LogP contribution in [0.4, 0.5) is 4.79 Å². The van der Waals surface area contributed by atoms with Gasteiger partial charge in [-0.3, -0.25) is 4.79 Å². The largest absolute Gasteiger partial charge is 0.342 e. The summed E-state index contributed by atoms with van der Waals surface area (Å²) in [6.45, 7) is 9.07. The molecule has 4 rings (SSSR count). The number of carbonyl (C=O) groups is 2. The molecule has 156 valence electrons. The van der Waals surface area contributed by atoms with Crippen molar-refractivity contribution in [3.05, 3.63) is 12.7 Å². The highest BCUT2D eigenvalue weighted by atomic mass is 16.2. The number of fused-ring (bicyclic) bond motifs is 5. The summed E-state index contributed by atoms with van der Waals surface area (Å²) in [7, 11) is 2.02. The molecule has 3 saturated carbocycles. The van der Waals surface area contributed by atoms with E-state index in [2.05, 4.69) is 36.0 Å². The molecule has 0 bridgehead atoms. The highest BCUT2D eigenvalue weighted by Gasteiger charge is 2.61. The molecule has 1 heterocycles. The van der Waals surface area contributed by atoms with Gasteiger partial charge in [0.1, 0.15) is 0 Å². The summed E-state index contributed by atoms with van der Waals surface area (Å²) in [5.74, 6) is 2.48. The first-order chi connectivity index (χ1) is 13.3. The Balaban J connectivity index is 1.51. The molecule has 5 nitrogen and oxygen atoms in total. The van der Waals surface area contributed by atoms with Crippen molar-refractivity contribution in [3.8, 4) is 0 Å². The molecule has 0 aromatic carbocycles. The zero-order valence-electron chi connectivity index (χ0n) is 17.8. The summed E-state index contributed by atoms with van der Waals surface area (Å²) in [5.41, 5.74) is 0.464. The molecule has 4 fully saturated rings. The van der Waals surface area contributed by atoms with E-state index in [9.17, 15) is 9.59 Å². The maximum absolute atomic E-state index is 12.3. The highest BCUT2D eigenvalue weighted by molar-refractivity contribution is 5.77. The fourth-order valence-electron chi connectivity index (χ4n) is 7.76. The monoisotopic (exact) mass is 387 g/mol. The van der Waals surface area contributed by atoms with E-state index < -0.39 is 0 Å². The lowest BCUT2D eigenvalue weighted by atomic mass is 9.47. The molecule has 3 aliphatic carbocycles. The molecule has 4 aliphatic rings. The molecule has 0 aromatic heterocycles. The number of hydrogen-bond acceptors (Lipinski definition) is 2. The zero-order chi connectivity index (χ0) is 20.1. The first-order valence-electron chi connectivity index (χ1n) is 11.2. The van der Waals surface area contributed by atoms with Crippen molar-refractivity contribution in [2.75, 3.05) is 13.6 Å². The summed E-state index contributed by atoms with van der Waals surface area (Å²) < 4.78 is 0. The number of carbonyl (C=O) groups excluding carboxylic acids is 2. The van der Waals surface area contributed by atoms with Crippen molar-refractivity contribution in [1.82, 2.24) is 15.5 Å². The van der Waals surface area contributed by atoms with Crippen LogP contribution in [0, 0.1) is 28.6 Å². The van der Waals surface area contributed by atoms with Crippen molar-refractivity contribution in [1.29, 1.82) is 0 Å². The number of rotatable bonds is 3. The molecule has 0 aromatic rings. The van der Waals surface area contributed by atoms with Gasteiger partial charge in [-0.05, 0) is 73.5 Å². The van der Waals surface area contributed by atoms with Crippen LogP contribution in [0.5, 0.6) is 0 Å². The van der Waals surface area contributed by atoms with Crippen LogP contribution in [0.2, 0.25) is 0 Å². The van der Waals surface area contributed by atoms with Crippen LogP contribution in [0.3, 0.4) is 0 Å². The number of nitrogens with zero attached hydrogens (tertiary/aromatic N) is 1. The lowest BCUT2D eigenvalue weighted by molar-refractivity contribution is -0.157. The maximum atomic E-state index is 12.3. The average molecular weight is 388 g/mol. The molecular weight excluding hydrogens is 350 g/mol. The predicted octanol–water partition coefficient (Wildman–Crippen LogP) is 3.70. The fourth-order valence-corrected chi connectivity index (χ4v) is 7.76. The average Bonchev–Trinajstić information content (AvgIpc) is 3.00. The molecule has 1 saturated heterocycles. The highest BCUT2D eigenvalue weighted by Crippen LogP contribution is 2.64. The van der Waals surface area contributed by atoms with Crippen LogP contribution in [-0.2, 0) is 4.79 Å². The van der Waals surface area contributed by atoms with Gasteiger partial charge in [0, 0.05) is 32.1 Å². The minimum atomic E-state index is -0.0583. The van der Waals surface area contributed by atoms with Gasteiger partial charge < -0.3 is 15.5 Å². The second kappa shape index (κ2) is 7.07. The second-order valence-electron chi connectivity index (χ2n) is 10.3. The standard InChI is InChI=1S/C23H37N3O2/c1-5-14-24-21(28)25-18-8-7-16-15-6-9-19-23(3,13-11-20(27)26(19)4)17(15)10-12-22(16,18)2/h5,15-19H,1,6-14H2,2-4H3,(H2,24,25,28)/t15-,16-,17-,18?,19+,22-,23+/m0/s1. The molecule has 28 heavy (non-hydrogen) atoms. The minimum absolute atomic E-state index is 0.0583. The van der Waals surface area contributed by atoms with Crippen LogP contribution >= 0.6 is 0 Å². The van der Waals surface area contributed by atoms with E-state index in [1.807, 2.05) is 7.05 Å². The Hall–Kier alpha value is -1.52. The van der Waals surface area contributed by atoms with Gasteiger partial charge in [0.15, 0.2) is 0 Å². The topological polar surface area (TPSA) is 61.4 Å². The zero-order valence-corrected chi connectivity index (χ0v) is 17.8. The molecule has 0 radical (unpaired) electrons. The van der Waals surface area contributed by atoms with Crippen LogP contribution in [-0.4, -0.2) is 42.5 Å². The Morgan fingerprint density at radius 3 is 2.64 bits per heavy atom. The molecule has 7 atom stereocenters. The van der Waals surface area contributed by atoms with E-state index in [0.717, 1.165) is 25.2 Å². The number of likely N-dealkylation sites (tertiary alicyclic amines) is 1. The number of amides is 3. The summed E-state index contributed by atoms with van der Waals surface area (Å²) in [6.07, 6.45) is 10.6. The van der Waals surface area contributed by atoms with Gasteiger partial charge in [-0.1, -0.05) is 19.9 Å². The Labute approximate surface area is 169 Å². The van der Waals surface area contributed by atoms with Crippen molar-refractivity contribution in [3.63, 3.8) is 0 Å². The predicted molar refractivity (Wildman–Crippen MR) is 111 cm³/mol. The van der Waals surface area contributed by atoms with E-state index >= 15 is 0 Å². The van der Waals surface area contributed by atoms with E-state index in [4.69, 9.17) is 0 Å². The third-order valence-corrected chi connectivity index (χ3v) is 9.27. The van der Waals surface area contributed by atoms with Gasteiger partial charge in [0.2, 0.25) is 5.91 Å². The number of nitrogens with one attached hydrogen (secondary N) is 2. The number of hydrogen-bond donors (Lipinski definition) is 2. The lowest BCUT2D eigenvalue weighted by Crippen LogP contribution is -2.62. The molecule has 1 aliphatic heterocycles. The quantitative estimate of drug-likeness (QED) is 0.725. The smallest absolute Gasteiger partial charge is 0.315 e. The van der Waals surface area contributed by atoms with Crippen LogP contribution in [0.15, 0.2) is 12.7 Å². The summed E-state index contributed by atoms with van der Waals surface area (Å²) >= 11 is 0. The van der Waals surface area contributed by atoms with Crippen molar-refractivity contribution in [2.24, 2.45) is 28.6 Å². The van der Waals surface area contributed by atoms with E-state index in [0.29, 0.717) is 36.8 Å². The van der Waals surface area contributed by atoms with Gasteiger partial charge >= 0.3 is 6.03 Å². The van der Waals surface area contributed by atoms with Gasteiger partial charge in [-0.15, -0.1) is 6.58 Å². The minimum Gasteiger partial charge on any atom is -0.342 e. The van der Waals surface area contributed by atoms with Crippen LogP contribution in [0.1, 0.15) is 65.2 Å². The van der Waals surface area contributed by atoms with E-state index in [1.165, 1.54) is 25.7 Å². The van der Waals surface area contributed by atoms with Gasteiger partial charge in [-0.25, -0.2) is 4.79 Å². The Morgan fingerprint density at radius 1 is 1.14 bits per heavy atom. The Morgan fingerprint density at radius 2 is 1.89 bits per heavy atom. The van der Waals surface area contributed by atoms with Gasteiger partial charge in [-0.2, -0.15) is 0 Å². The fraction of sp³-hybridized carbons (Fsp3) is 0.826. The maximum Gasteiger partial charge on any atom is 0.315 e. The molecule has 2 N–H and O–H groups in total. The van der Waals surface area contributed by atoms with E-state index in [1.54, 1.807) is 6.08 Å². The van der Waals surface area contributed by atoms with Gasteiger partial charge in [0.25, 0.3) is 0 Å². The summed E-state index contributed by atoms with van der Waals surface area (Å²) in [6, 6.07) is 0.626. The number of piperidine rings is 1. The van der Waals surface area contributed by atoms with Crippen molar-refractivity contribution < 1.29 is 9.59 Å². The van der Waals surface area contributed by atoms with Crippen LogP contribution < -0.4 is 10.6 Å². The van der Waals surface area contributed by atoms with Gasteiger partial charge in [0.05, 0.1) is 0 Å². The lowest BCUT2D eigenvalue weighted by Gasteiger charge is -2.61. The van der Waals surface area contributed by atoms with Crippen LogP contribution in [0.25, 0.3) is 0 Å². The number of urea groups is 1. The summed E-state index contributed by atoms with van der Waals surface area (Å²) in [5, 5.41) is 6.15.